The van der Waals surface area contributed by atoms with Gasteiger partial charge in [-0.05, 0) is 51.1 Å². The monoisotopic (exact) mass is 686 g/mol. The van der Waals surface area contributed by atoms with Crippen LogP contribution in [0.2, 0.25) is 0 Å². The fourth-order valence-corrected chi connectivity index (χ4v) is 7.65. The predicted molar refractivity (Wildman–Crippen MR) is 161 cm³/mol. The minimum Gasteiger partial charge on any atom is -0.497 e. The summed E-state index contributed by atoms with van der Waals surface area (Å²) in [5, 5.41) is 5.05. The largest absolute Gasteiger partial charge is 0.497 e. The molecule has 0 radical (unpaired) electrons. The highest BCUT2D eigenvalue weighted by molar-refractivity contribution is 6.03. The van der Waals surface area contributed by atoms with Crippen LogP contribution in [0.25, 0.3) is 0 Å². The molecule has 2 aromatic rings. The second-order valence-corrected chi connectivity index (χ2v) is 12.9. The lowest BCUT2D eigenvalue weighted by atomic mass is 9.86. The van der Waals surface area contributed by atoms with E-state index in [1.165, 1.54) is 19.4 Å². The Labute approximate surface area is 272 Å². The Morgan fingerprint density at radius 2 is 1.71 bits per heavy atom. The van der Waals surface area contributed by atoms with E-state index in [2.05, 4.69) is 20.5 Å². The van der Waals surface area contributed by atoms with Crippen molar-refractivity contribution in [3.05, 3.63) is 47.2 Å². The van der Waals surface area contributed by atoms with Crippen molar-refractivity contribution < 1.29 is 45.1 Å². The number of hydrogen-bond donors (Lipinski definition) is 2. The summed E-state index contributed by atoms with van der Waals surface area (Å²) in [5.41, 5.74) is -1.92. The number of nitrogens with one attached hydrogen (secondary N) is 2. The molecule has 3 atom stereocenters. The van der Waals surface area contributed by atoms with Crippen molar-refractivity contribution in [2.45, 2.75) is 75.2 Å². The summed E-state index contributed by atoms with van der Waals surface area (Å²) in [6, 6.07) is 0.00278. The number of rotatable bonds is 7. The second kappa shape index (κ2) is 13.6. The molecule has 6 rings (SSSR count). The average Bonchev–Trinajstić information content (AvgIpc) is 3.64. The van der Waals surface area contributed by atoms with E-state index in [-0.39, 0.29) is 43.2 Å². The normalized spacial score (nSPS) is 26.6. The first-order valence-corrected chi connectivity index (χ1v) is 16.1. The van der Waals surface area contributed by atoms with Gasteiger partial charge in [0.25, 0.3) is 5.91 Å². The summed E-state index contributed by atoms with van der Waals surface area (Å²) < 4.78 is 107. The number of halogens is 7. The van der Waals surface area contributed by atoms with Crippen LogP contribution in [0.15, 0.2) is 24.4 Å². The summed E-state index contributed by atoms with van der Waals surface area (Å²) in [7, 11) is 1.20. The van der Waals surface area contributed by atoms with E-state index < -0.39 is 83.6 Å². The van der Waals surface area contributed by atoms with E-state index in [0.29, 0.717) is 19.6 Å². The third-order valence-electron chi connectivity index (χ3n) is 10.1. The first-order chi connectivity index (χ1) is 22.8. The molecule has 0 bridgehead atoms. The summed E-state index contributed by atoms with van der Waals surface area (Å²) >= 11 is 0. The van der Waals surface area contributed by atoms with Crippen LogP contribution in [-0.4, -0.2) is 86.2 Å². The maximum Gasteiger partial charge on any atom is 0.421 e. The Morgan fingerprint density at radius 1 is 1.00 bits per heavy atom. The molecule has 2 N–H and O–H groups in total. The van der Waals surface area contributed by atoms with E-state index >= 15 is 8.78 Å². The second-order valence-electron chi connectivity index (χ2n) is 12.9. The summed E-state index contributed by atoms with van der Waals surface area (Å²) in [6.45, 7) is 1.51. The molecule has 3 aliphatic heterocycles. The molecular formula is C32H37F7N6O3. The number of amides is 3. The third kappa shape index (κ3) is 6.72. The van der Waals surface area contributed by atoms with Gasteiger partial charge < -0.3 is 20.3 Å². The van der Waals surface area contributed by atoms with Crippen LogP contribution in [0.1, 0.15) is 55.6 Å². The number of carbonyl (C=O) groups excluding carboxylic acids is 2. The van der Waals surface area contributed by atoms with Crippen LogP contribution >= 0.6 is 0 Å². The quantitative estimate of drug-likeness (QED) is 0.385. The topological polar surface area (TPSA) is 90.0 Å². The van der Waals surface area contributed by atoms with Crippen LogP contribution in [0.4, 0.5) is 47.0 Å². The molecule has 4 heterocycles. The van der Waals surface area contributed by atoms with E-state index in [0.717, 1.165) is 36.4 Å². The van der Waals surface area contributed by atoms with Gasteiger partial charge in [0.2, 0.25) is 6.43 Å². The zero-order valence-corrected chi connectivity index (χ0v) is 26.2. The Hall–Kier alpha value is -3.82. The number of fused-ring (bicyclic) bond motifs is 1. The number of ether oxygens (including phenoxy) is 1. The molecule has 262 valence electrons. The van der Waals surface area contributed by atoms with Gasteiger partial charge in [-0.3, -0.25) is 14.6 Å². The highest BCUT2D eigenvalue weighted by Gasteiger charge is 2.50. The number of benzene rings is 1. The molecule has 3 amide bonds. The summed E-state index contributed by atoms with van der Waals surface area (Å²) in [5.74, 6) is -6.41. The average molecular weight is 687 g/mol. The Bertz CT molecular complexity index is 1500. The Morgan fingerprint density at radius 3 is 2.35 bits per heavy atom. The first-order valence-electron chi connectivity index (χ1n) is 16.1. The van der Waals surface area contributed by atoms with Gasteiger partial charge >= 0.3 is 12.2 Å². The number of piperazine rings is 1. The summed E-state index contributed by atoms with van der Waals surface area (Å²) in [4.78, 5) is 35.7. The molecule has 4 aliphatic rings. The van der Waals surface area contributed by atoms with Crippen molar-refractivity contribution in [3.63, 3.8) is 0 Å². The lowest BCUT2D eigenvalue weighted by Gasteiger charge is -2.40. The molecule has 16 heteroatoms. The lowest BCUT2D eigenvalue weighted by molar-refractivity contribution is -0.137. The van der Waals surface area contributed by atoms with Gasteiger partial charge in [-0.2, -0.15) is 13.2 Å². The van der Waals surface area contributed by atoms with Crippen molar-refractivity contribution in [2.75, 3.05) is 49.6 Å². The molecule has 1 saturated carbocycles. The molecule has 1 aliphatic carbocycles. The van der Waals surface area contributed by atoms with Crippen molar-refractivity contribution >= 4 is 23.4 Å². The molecule has 3 saturated heterocycles. The van der Waals surface area contributed by atoms with Crippen molar-refractivity contribution in [2.24, 2.45) is 5.92 Å². The zero-order chi connectivity index (χ0) is 34.3. The SMILES string of the molecule is COc1cc(F)c([C@@H]2CN(c3nccc(N4CCN5CCCC5C4)c3C(F)(F)F)C(=O)C2NC(=O)N[C@H]2CC[C@H](C(F)F)CC2)c(F)c1. The number of pyridine rings is 1. The van der Waals surface area contributed by atoms with Crippen LogP contribution in [0, 0.1) is 17.6 Å². The number of alkyl halides is 5. The van der Waals surface area contributed by atoms with Crippen molar-refractivity contribution in [1.82, 2.24) is 20.5 Å². The zero-order valence-electron chi connectivity index (χ0n) is 26.2. The maximum absolute atomic E-state index is 15.4. The molecule has 48 heavy (non-hydrogen) atoms. The molecule has 1 aromatic heterocycles. The number of urea groups is 1. The third-order valence-corrected chi connectivity index (χ3v) is 10.1. The molecule has 4 fully saturated rings. The number of methoxy groups -OCH3 is 1. The van der Waals surface area contributed by atoms with Gasteiger partial charge in [-0.25, -0.2) is 27.3 Å². The number of anilines is 2. The highest BCUT2D eigenvalue weighted by Crippen LogP contribution is 2.45. The standard InChI is InChI=1S/C32H37F7N6O3/c1-48-20-13-22(33)25(23(34)14-20)21-16-45(30(46)27(21)42-31(47)41-18-6-4-17(5-7-18)28(35)36)29-26(32(37,38)39)24(8-9-40-29)44-12-11-43-10-2-3-19(43)15-44/h8-9,13-14,17-19,21,27-28H,2-7,10-12,15-16H2,1H3,(H2,41,42,47)/t17-,18-,19?,21-,27?/m0/s1. The van der Waals surface area contributed by atoms with Gasteiger partial charge in [-0.15, -0.1) is 0 Å². The van der Waals surface area contributed by atoms with Crippen molar-refractivity contribution in [1.29, 1.82) is 0 Å². The first kappa shape index (κ1) is 34.1. The smallest absolute Gasteiger partial charge is 0.421 e. The van der Waals surface area contributed by atoms with E-state index in [1.807, 2.05) is 0 Å². The number of aromatic nitrogens is 1. The van der Waals surface area contributed by atoms with Crippen LogP contribution in [0.3, 0.4) is 0 Å². The van der Waals surface area contributed by atoms with Crippen molar-refractivity contribution in [3.8, 4) is 5.75 Å². The van der Waals surface area contributed by atoms with Crippen LogP contribution < -0.4 is 25.2 Å². The van der Waals surface area contributed by atoms with Gasteiger partial charge in [0.15, 0.2) is 0 Å². The van der Waals surface area contributed by atoms with Gasteiger partial charge in [-0.1, -0.05) is 0 Å². The molecule has 0 spiro atoms. The lowest BCUT2D eigenvalue weighted by Crippen LogP contribution is -2.51. The minimum atomic E-state index is -4.96. The fourth-order valence-electron chi connectivity index (χ4n) is 7.65. The maximum atomic E-state index is 15.4. The highest BCUT2D eigenvalue weighted by atomic mass is 19.4. The molecular weight excluding hydrogens is 649 g/mol. The van der Waals surface area contributed by atoms with E-state index in [4.69, 9.17) is 4.74 Å². The molecule has 9 nitrogen and oxygen atoms in total. The van der Waals surface area contributed by atoms with E-state index in [1.54, 1.807) is 4.90 Å². The van der Waals surface area contributed by atoms with Gasteiger partial charge in [0, 0.05) is 74.0 Å². The van der Waals surface area contributed by atoms with Gasteiger partial charge in [0.1, 0.15) is 34.8 Å². The number of nitrogens with zero attached hydrogens (tertiary/aromatic N) is 4. The predicted octanol–water partition coefficient (Wildman–Crippen LogP) is 5.29. The molecule has 2 unspecified atom stereocenters. The summed E-state index contributed by atoms with van der Waals surface area (Å²) in [6.07, 6.45) is -3.64. The number of hydrogen-bond acceptors (Lipinski definition) is 6. The number of carbonyl (C=O) groups is 2. The van der Waals surface area contributed by atoms with Crippen LogP contribution in [0.5, 0.6) is 5.75 Å². The van der Waals surface area contributed by atoms with Gasteiger partial charge in [0.05, 0.1) is 12.8 Å². The fraction of sp³-hybridized carbons (Fsp3) is 0.594. The Kier molecular flexibility index (Phi) is 9.64. The molecule has 1 aromatic carbocycles. The minimum absolute atomic E-state index is 0.0905. The van der Waals surface area contributed by atoms with Crippen LogP contribution in [-0.2, 0) is 11.0 Å². The Balaban J connectivity index is 1.33. The van der Waals surface area contributed by atoms with E-state index in [9.17, 15) is 31.5 Å².